The van der Waals surface area contributed by atoms with Crippen LogP contribution in [0.25, 0.3) is 0 Å². The molecule has 0 N–H and O–H groups in total. The van der Waals surface area contributed by atoms with Gasteiger partial charge in [0, 0.05) is 5.56 Å². The van der Waals surface area contributed by atoms with E-state index in [0.717, 1.165) is 16.1 Å². The molecule has 0 aliphatic rings. The molecule has 0 aromatic heterocycles. The molecule has 0 saturated heterocycles. The lowest BCUT2D eigenvalue weighted by Crippen LogP contribution is -2.44. The Morgan fingerprint density at radius 2 is 1.48 bits per heavy atom. The van der Waals surface area contributed by atoms with E-state index in [2.05, 4.69) is 27.0 Å². The number of hydrogen-bond acceptors (Lipinski definition) is 0. The average Bonchev–Trinajstić information content (AvgIpc) is 2.45. The molecule has 0 atom stereocenters. The van der Waals surface area contributed by atoms with Crippen LogP contribution in [0.3, 0.4) is 0 Å². The first kappa shape index (κ1) is 18.8. The second-order valence-corrected chi connectivity index (χ2v) is 7.14. The van der Waals surface area contributed by atoms with Crippen molar-refractivity contribution in [3.05, 3.63) is 33.8 Å². The van der Waals surface area contributed by atoms with Crippen LogP contribution in [0.5, 0.6) is 0 Å². The van der Waals surface area contributed by atoms with Crippen molar-refractivity contribution in [2.24, 2.45) is 0 Å². The number of nitrogens with zero attached hydrogens (tertiary/aromatic N) is 1. The summed E-state index contributed by atoms with van der Waals surface area (Å²) in [6, 6.07) is 5.99. The number of benzene rings is 1. The Morgan fingerprint density at radius 1 is 0.905 bits per heavy atom. The maximum atomic E-state index is 6.38. The summed E-state index contributed by atoms with van der Waals surface area (Å²) in [7, 11) is 2.36. The predicted molar refractivity (Wildman–Crippen MR) is 95.1 cm³/mol. The topological polar surface area (TPSA) is 0 Å². The molecule has 21 heavy (non-hydrogen) atoms. The molecule has 0 spiro atoms. The lowest BCUT2D eigenvalue weighted by atomic mass is 10.1. The Kier molecular flexibility index (Phi) is 8.70. The van der Waals surface area contributed by atoms with E-state index in [9.17, 15) is 0 Å². The van der Waals surface area contributed by atoms with Crippen LogP contribution < -0.4 is 0 Å². The molecule has 120 valence electrons. The summed E-state index contributed by atoms with van der Waals surface area (Å²) in [4.78, 5) is 0. The molecule has 0 unspecified atom stereocenters. The molecular formula is C18H30Cl2N+. The van der Waals surface area contributed by atoms with Gasteiger partial charge in [-0.25, -0.2) is 0 Å². The number of halogens is 2. The molecule has 0 aliphatic carbocycles. The van der Waals surface area contributed by atoms with Gasteiger partial charge in [0.1, 0.15) is 6.54 Å². The molecule has 0 aliphatic heterocycles. The molecule has 1 rings (SSSR count). The molecule has 0 fully saturated rings. The minimum absolute atomic E-state index is 0.669. The number of rotatable bonds is 10. The lowest BCUT2D eigenvalue weighted by Gasteiger charge is -2.35. The third-order valence-electron chi connectivity index (χ3n) is 4.19. The Bertz CT molecular complexity index is 408. The van der Waals surface area contributed by atoms with E-state index in [1.165, 1.54) is 57.2 Å². The van der Waals surface area contributed by atoms with Crippen molar-refractivity contribution in [1.82, 2.24) is 0 Å². The van der Waals surface area contributed by atoms with E-state index >= 15 is 0 Å². The Balaban J connectivity index is 2.76. The van der Waals surface area contributed by atoms with Gasteiger partial charge in [-0.05, 0) is 31.7 Å². The number of hydrogen-bond donors (Lipinski definition) is 0. The van der Waals surface area contributed by atoms with Crippen LogP contribution in [0.4, 0.5) is 0 Å². The minimum atomic E-state index is 0.669. The molecule has 3 heteroatoms. The zero-order valence-electron chi connectivity index (χ0n) is 13.8. The van der Waals surface area contributed by atoms with Crippen molar-refractivity contribution in [1.29, 1.82) is 0 Å². The second kappa shape index (κ2) is 9.71. The molecule has 1 aromatic rings. The van der Waals surface area contributed by atoms with Crippen LogP contribution in [0.2, 0.25) is 10.0 Å². The lowest BCUT2D eigenvalue weighted by molar-refractivity contribution is -0.923. The van der Waals surface area contributed by atoms with Gasteiger partial charge < -0.3 is 4.48 Å². The first-order valence-electron chi connectivity index (χ1n) is 8.29. The molecule has 1 nitrogen and oxygen atoms in total. The van der Waals surface area contributed by atoms with Crippen molar-refractivity contribution in [3.63, 3.8) is 0 Å². The van der Waals surface area contributed by atoms with Crippen LogP contribution in [0, 0.1) is 0 Å². The predicted octanol–water partition coefficient (Wildman–Crippen LogP) is 6.32. The number of quaternary nitrogens is 1. The summed E-state index contributed by atoms with van der Waals surface area (Å²) in [5.74, 6) is 0. The van der Waals surface area contributed by atoms with E-state index < -0.39 is 0 Å². The van der Waals surface area contributed by atoms with E-state index in [1.807, 2.05) is 12.1 Å². The highest BCUT2D eigenvalue weighted by molar-refractivity contribution is 6.42. The first-order chi connectivity index (χ1) is 10.0. The van der Waals surface area contributed by atoms with Crippen LogP contribution in [-0.4, -0.2) is 24.6 Å². The van der Waals surface area contributed by atoms with Crippen LogP contribution in [0.15, 0.2) is 18.2 Å². The van der Waals surface area contributed by atoms with Crippen LogP contribution in [0.1, 0.15) is 57.9 Å². The Hall–Kier alpha value is -0.240. The summed E-state index contributed by atoms with van der Waals surface area (Å²) in [6.07, 6.45) is 7.74. The smallest absolute Gasteiger partial charge is 0.106 e. The number of unbranched alkanes of at least 4 members (excludes halogenated alkanes) is 4. The summed E-state index contributed by atoms with van der Waals surface area (Å²) in [6.45, 7) is 7.94. The standard InChI is InChI=1S/C18H30Cl2N/c1-4-6-8-13-21(3,14-9-7-5-2)15-16-11-10-12-17(19)18(16)20/h10-12H,4-9,13-15H2,1-3H3/q+1. The Labute approximate surface area is 140 Å². The molecule has 1 aromatic carbocycles. The van der Waals surface area contributed by atoms with Gasteiger partial charge in [-0.2, -0.15) is 0 Å². The van der Waals surface area contributed by atoms with Gasteiger partial charge in [-0.1, -0.05) is 62.0 Å². The van der Waals surface area contributed by atoms with Gasteiger partial charge in [-0.3, -0.25) is 0 Å². The maximum absolute atomic E-state index is 6.38. The van der Waals surface area contributed by atoms with Gasteiger partial charge in [-0.15, -0.1) is 0 Å². The van der Waals surface area contributed by atoms with E-state index in [-0.39, 0.29) is 0 Å². The fourth-order valence-electron chi connectivity index (χ4n) is 2.84. The SMILES string of the molecule is CCCCC[N+](C)(CCCCC)Cc1cccc(Cl)c1Cl. The monoisotopic (exact) mass is 330 g/mol. The zero-order valence-corrected chi connectivity index (χ0v) is 15.3. The molecule has 0 saturated carbocycles. The second-order valence-electron chi connectivity index (χ2n) is 6.35. The highest BCUT2D eigenvalue weighted by Crippen LogP contribution is 2.28. The van der Waals surface area contributed by atoms with Crippen molar-refractivity contribution in [2.45, 2.75) is 58.9 Å². The summed E-state index contributed by atoms with van der Waals surface area (Å²) < 4.78 is 1.07. The quantitative estimate of drug-likeness (QED) is 0.347. The van der Waals surface area contributed by atoms with Crippen molar-refractivity contribution in [2.75, 3.05) is 20.1 Å². The van der Waals surface area contributed by atoms with Gasteiger partial charge in [0.05, 0.1) is 30.2 Å². The maximum Gasteiger partial charge on any atom is 0.106 e. The first-order valence-corrected chi connectivity index (χ1v) is 9.04. The van der Waals surface area contributed by atoms with Crippen molar-refractivity contribution in [3.8, 4) is 0 Å². The highest BCUT2D eigenvalue weighted by atomic mass is 35.5. The summed E-state index contributed by atoms with van der Waals surface area (Å²) in [5.41, 5.74) is 1.18. The summed E-state index contributed by atoms with van der Waals surface area (Å²) >= 11 is 12.5. The molecule has 0 radical (unpaired) electrons. The minimum Gasteiger partial charge on any atom is -0.322 e. The van der Waals surface area contributed by atoms with E-state index in [4.69, 9.17) is 23.2 Å². The van der Waals surface area contributed by atoms with E-state index in [0.29, 0.717) is 5.02 Å². The van der Waals surface area contributed by atoms with Gasteiger partial charge in [0.15, 0.2) is 0 Å². The highest BCUT2D eigenvalue weighted by Gasteiger charge is 2.23. The van der Waals surface area contributed by atoms with E-state index in [1.54, 1.807) is 0 Å². The van der Waals surface area contributed by atoms with Crippen LogP contribution in [-0.2, 0) is 6.54 Å². The molecule has 0 bridgehead atoms. The fraction of sp³-hybridized carbons (Fsp3) is 0.667. The Morgan fingerprint density at radius 3 is 2.00 bits per heavy atom. The zero-order chi connectivity index (χ0) is 15.7. The largest absolute Gasteiger partial charge is 0.322 e. The van der Waals surface area contributed by atoms with Crippen LogP contribution >= 0.6 is 23.2 Å². The van der Waals surface area contributed by atoms with Gasteiger partial charge >= 0.3 is 0 Å². The molecule has 0 heterocycles. The summed E-state index contributed by atoms with van der Waals surface area (Å²) in [5, 5.41) is 1.40. The van der Waals surface area contributed by atoms with Gasteiger partial charge in [0.25, 0.3) is 0 Å². The normalized spacial score (nSPS) is 11.9. The fourth-order valence-corrected chi connectivity index (χ4v) is 3.22. The van der Waals surface area contributed by atoms with Crippen molar-refractivity contribution >= 4 is 23.2 Å². The molecular weight excluding hydrogens is 301 g/mol. The average molecular weight is 331 g/mol. The third kappa shape index (κ3) is 6.59. The third-order valence-corrected chi connectivity index (χ3v) is 5.04. The van der Waals surface area contributed by atoms with Gasteiger partial charge in [0.2, 0.25) is 0 Å². The molecule has 0 amide bonds. The van der Waals surface area contributed by atoms with Crippen molar-refractivity contribution < 1.29 is 4.48 Å².